The zero-order valence-electron chi connectivity index (χ0n) is 10.3. The predicted molar refractivity (Wildman–Crippen MR) is 65.6 cm³/mol. The zero-order valence-corrected chi connectivity index (χ0v) is 10.3. The van der Waals surface area contributed by atoms with Gasteiger partial charge < -0.3 is 4.74 Å². The van der Waals surface area contributed by atoms with Gasteiger partial charge >= 0.3 is 0 Å². The second kappa shape index (κ2) is 5.44. The minimum absolute atomic E-state index is 0.571. The van der Waals surface area contributed by atoms with E-state index < -0.39 is 0 Å². The van der Waals surface area contributed by atoms with E-state index in [0.29, 0.717) is 5.92 Å². The molecule has 2 rings (SSSR count). The van der Waals surface area contributed by atoms with Gasteiger partial charge in [0.2, 0.25) is 0 Å². The standard InChI is InChI=1S/C14H21NO/c1-11(2)14-8-13(9-15-10-14)7-12-3-5-16-6-4-12/h8-12H,3-7H2,1-2H3. The molecule has 0 atom stereocenters. The first-order valence-electron chi connectivity index (χ1n) is 6.27. The second-order valence-electron chi connectivity index (χ2n) is 5.04. The van der Waals surface area contributed by atoms with Crippen molar-refractivity contribution in [1.82, 2.24) is 4.98 Å². The molecule has 0 bridgehead atoms. The van der Waals surface area contributed by atoms with Gasteiger partial charge in [0.1, 0.15) is 0 Å². The molecular formula is C14H21NO. The van der Waals surface area contributed by atoms with Gasteiger partial charge in [-0.2, -0.15) is 0 Å². The van der Waals surface area contributed by atoms with E-state index >= 15 is 0 Å². The van der Waals surface area contributed by atoms with E-state index in [1.165, 1.54) is 24.0 Å². The molecule has 1 aliphatic heterocycles. The Morgan fingerprint density at radius 2 is 2.06 bits per heavy atom. The van der Waals surface area contributed by atoms with E-state index in [1.807, 2.05) is 12.4 Å². The van der Waals surface area contributed by atoms with Crippen LogP contribution in [0.2, 0.25) is 0 Å². The van der Waals surface area contributed by atoms with E-state index in [1.54, 1.807) is 0 Å². The van der Waals surface area contributed by atoms with Crippen molar-refractivity contribution in [2.75, 3.05) is 13.2 Å². The molecule has 2 heterocycles. The number of nitrogens with zero attached hydrogens (tertiary/aromatic N) is 1. The lowest BCUT2D eigenvalue weighted by Crippen LogP contribution is -2.17. The Balaban J connectivity index is 2.00. The molecule has 0 spiro atoms. The maximum atomic E-state index is 5.38. The first-order chi connectivity index (χ1) is 7.75. The van der Waals surface area contributed by atoms with Gasteiger partial charge in [0.05, 0.1) is 0 Å². The maximum Gasteiger partial charge on any atom is 0.0468 e. The Morgan fingerprint density at radius 1 is 1.31 bits per heavy atom. The Labute approximate surface area is 98.0 Å². The number of pyridine rings is 1. The van der Waals surface area contributed by atoms with Crippen LogP contribution in [0, 0.1) is 5.92 Å². The van der Waals surface area contributed by atoms with Crippen molar-refractivity contribution in [3.63, 3.8) is 0 Å². The second-order valence-corrected chi connectivity index (χ2v) is 5.04. The summed E-state index contributed by atoms with van der Waals surface area (Å²) in [5.74, 6) is 1.36. The van der Waals surface area contributed by atoms with Gasteiger partial charge in [0.25, 0.3) is 0 Å². The van der Waals surface area contributed by atoms with E-state index in [-0.39, 0.29) is 0 Å². The highest BCUT2D eigenvalue weighted by Crippen LogP contribution is 2.21. The summed E-state index contributed by atoms with van der Waals surface area (Å²) < 4.78 is 5.38. The number of aromatic nitrogens is 1. The van der Waals surface area contributed by atoms with Crippen molar-refractivity contribution in [2.45, 2.75) is 39.0 Å². The Hall–Kier alpha value is -0.890. The number of hydrogen-bond acceptors (Lipinski definition) is 2. The van der Waals surface area contributed by atoms with Crippen LogP contribution in [0.4, 0.5) is 0 Å². The molecule has 0 aliphatic carbocycles. The average molecular weight is 219 g/mol. The molecule has 0 aromatic carbocycles. The van der Waals surface area contributed by atoms with Crippen LogP contribution in [0.1, 0.15) is 43.7 Å². The molecule has 1 aromatic heterocycles. The molecule has 0 N–H and O–H groups in total. The highest BCUT2D eigenvalue weighted by molar-refractivity contribution is 5.21. The van der Waals surface area contributed by atoms with Gasteiger partial charge in [-0.15, -0.1) is 0 Å². The topological polar surface area (TPSA) is 22.1 Å². The molecule has 88 valence electrons. The van der Waals surface area contributed by atoms with Crippen LogP contribution in [0.25, 0.3) is 0 Å². The number of rotatable bonds is 3. The van der Waals surface area contributed by atoms with E-state index in [9.17, 15) is 0 Å². The van der Waals surface area contributed by atoms with Crippen molar-refractivity contribution in [3.8, 4) is 0 Å². The van der Waals surface area contributed by atoms with Crippen LogP contribution >= 0.6 is 0 Å². The van der Waals surface area contributed by atoms with Crippen molar-refractivity contribution >= 4 is 0 Å². The molecule has 0 amide bonds. The molecule has 0 unspecified atom stereocenters. The summed E-state index contributed by atoms with van der Waals surface area (Å²) in [6.07, 6.45) is 7.56. The first-order valence-corrected chi connectivity index (χ1v) is 6.27. The van der Waals surface area contributed by atoms with Gasteiger partial charge in [0, 0.05) is 25.6 Å². The number of ether oxygens (including phenoxy) is 1. The predicted octanol–water partition coefficient (Wildman–Crippen LogP) is 3.17. The third-order valence-corrected chi connectivity index (χ3v) is 3.35. The van der Waals surface area contributed by atoms with Gasteiger partial charge in [-0.3, -0.25) is 4.98 Å². The highest BCUT2D eigenvalue weighted by atomic mass is 16.5. The van der Waals surface area contributed by atoms with Gasteiger partial charge in [-0.1, -0.05) is 19.9 Å². The van der Waals surface area contributed by atoms with Crippen molar-refractivity contribution in [3.05, 3.63) is 29.6 Å². The summed E-state index contributed by atoms with van der Waals surface area (Å²) in [5, 5.41) is 0. The highest BCUT2D eigenvalue weighted by Gasteiger charge is 2.14. The normalized spacial score (nSPS) is 17.9. The van der Waals surface area contributed by atoms with E-state index in [2.05, 4.69) is 24.9 Å². The van der Waals surface area contributed by atoms with Crippen molar-refractivity contribution in [1.29, 1.82) is 0 Å². The fourth-order valence-electron chi connectivity index (χ4n) is 2.22. The van der Waals surface area contributed by atoms with Crippen LogP contribution in [0.3, 0.4) is 0 Å². The Bertz CT molecular complexity index is 329. The molecule has 0 saturated carbocycles. The third-order valence-electron chi connectivity index (χ3n) is 3.35. The van der Waals surface area contributed by atoms with Crippen LogP contribution in [0.15, 0.2) is 18.5 Å². The summed E-state index contributed by atoms with van der Waals surface area (Å²) in [7, 11) is 0. The summed E-state index contributed by atoms with van der Waals surface area (Å²) in [5.41, 5.74) is 2.74. The SMILES string of the molecule is CC(C)c1cncc(CC2CCOCC2)c1. The molecule has 1 aromatic rings. The summed E-state index contributed by atoms with van der Waals surface area (Å²) >= 11 is 0. The molecular weight excluding hydrogens is 198 g/mol. The monoisotopic (exact) mass is 219 g/mol. The smallest absolute Gasteiger partial charge is 0.0468 e. The van der Waals surface area contributed by atoms with Crippen molar-refractivity contribution < 1.29 is 4.74 Å². The minimum Gasteiger partial charge on any atom is -0.381 e. The van der Waals surface area contributed by atoms with Crippen molar-refractivity contribution in [2.24, 2.45) is 5.92 Å². The molecule has 16 heavy (non-hydrogen) atoms. The van der Waals surface area contributed by atoms with Gasteiger partial charge in [-0.25, -0.2) is 0 Å². The maximum absolute atomic E-state index is 5.38. The van der Waals surface area contributed by atoms with Gasteiger partial charge in [-0.05, 0) is 42.2 Å². The summed E-state index contributed by atoms with van der Waals surface area (Å²) in [6, 6.07) is 2.31. The number of hydrogen-bond donors (Lipinski definition) is 0. The lowest BCUT2D eigenvalue weighted by Gasteiger charge is -2.22. The molecule has 1 fully saturated rings. The van der Waals surface area contributed by atoms with Crippen LogP contribution in [-0.2, 0) is 11.2 Å². The molecule has 1 saturated heterocycles. The molecule has 2 nitrogen and oxygen atoms in total. The Kier molecular flexibility index (Phi) is 3.94. The first kappa shape index (κ1) is 11.6. The van der Waals surface area contributed by atoms with Crippen LogP contribution < -0.4 is 0 Å². The zero-order chi connectivity index (χ0) is 11.4. The summed E-state index contributed by atoms with van der Waals surface area (Å²) in [6.45, 7) is 6.30. The molecule has 0 radical (unpaired) electrons. The van der Waals surface area contributed by atoms with Gasteiger partial charge in [0.15, 0.2) is 0 Å². The molecule has 2 heteroatoms. The van der Waals surface area contributed by atoms with E-state index in [4.69, 9.17) is 4.74 Å². The largest absolute Gasteiger partial charge is 0.381 e. The molecule has 1 aliphatic rings. The fourth-order valence-corrected chi connectivity index (χ4v) is 2.22. The third kappa shape index (κ3) is 3.05. The lowest BCUT2D eigenvalue weighted by molar-refractivity contribution is 0.0665. The quantitative estimate of drug-likeness (QED) is 0.779. The van der Waals surface area contributed by atoms with Crippen LogP contribution in [0.5, 0.6) is 0 Å². The lowest BCUT2D eigenvalue weighted by atomic mass is 9.92. The Morgan fingerprint density at radius 3 is 2.75 bits per heavy atom. The average Bonchev–Trinajstić information content (AvgIpc) is 2.30. The van der Waals surface area contributed by atoms with Crippen LogP contribution in [-0.4, -0.2) is 18.2 Å². The summed E-state index contributed by atoms with van der Waals surface area (Å²) in [4.78, 5) is 4.34. The fraction of sp³-hybridized carbons (Fsp3) is 0.643. The minimum atomic E-state index is 0.571. The van der Waals surface area contributed by atoms with E-state index in [0.717, 1.165) is 25.6 Å².